The summed E-state index contributed by atoms with van der Waals surface area (Å²) in [5.41, 5.74) is 1.81. The van der Waals surface area contributed by atoms with Gasteiger partial charge in [-0.05, 0) is 29.3 Å². The van der Waals surface area contributed by atoms with Gasteiger partial charge >= 0.3 is 5.97 Å². The average molecular weight is 283 g/mol. The summed E-state index contributed by atoms with van der Waals surface area (Å²) in [6, 6.07) is 15.1. The lowest BCUT2D eigenvalue weighted by molar-refractivity contribution is -0.384. The minimum atomic E-state index is -0.466. The number of nitro groups is 1. The van der Waals surface area contributed by atoms with Crippen LogP contribution in [-0.2, 0) is 9.53 Å². The Balaban J connectivity index is 2.41. The number of nitro benzene ring substituents is 1. The molecule has 0 amide bonds. The Morgan fingerprint density at radius 2 is 1.71 bits per heavy atom. The molecule has 0 heterocycles. The maximum atomic E-state index is 11.9. The molecule has 0 saturated heterocycles. The van der Waals surface area contributed by atoms with E-state index in [-0.39, 0.29) is 5.69 Å². The lowest BCUT2D eigenvalue weighted by Crippen LogP contribution is -2.03. The summed E-state index contributed by atoms with van der Waals surface area (Å²) >= 11 is 0. The third-order valence-corrected chi connectivity index (χ3v) is 2.91. The molecule has 2 aromatic carbocycles. The van der Waals surface area contributed by atoms with Gasteiger partial charge in [-0.2, -0.15) is 0 Å². The van der Waals surface area contributed by atoms with E-state index in [1.165, 1.54) is 19.2 Å². The van der Waals surface area contributed by atoms with E-state index >= 15 is 0 Å². The number of ether oxygens (including phenoxy) is 1. The number of nitrogens with zero attached hydrogens (tertiary/aromatic N) is 1. The first kappa shape index (κ1) is 14.5. The number of esters is 1. The van der Waals surface area contributed by atoms with Crippen LogP contribution in [0.5, 0.6) is 0 Å². The molecule has 0 bridgehead atoms. The normalized spacial score (nSPS) is 11.0. The number of carbonyl (C=O) groups excluding carboxylic acids is 1. The van der Waals surface area contributed by atoms with E-state index in [1.807, 2.05) is 18.2 Å². The molecule has 0 fully saturated rings. The van der Waals surface area contributed by atoms with E-state index in [1.54, 1.807) is 30.3 Å². The van der Waals surface area contributed by atoms with Crippen molar-refractivity contribution >= 4 is 23.3 Å². The summed E-state index contributed by atoms with van der Waals surface area (Å²) in [7, 11) is 1.31. The van der Waals surface area contributed by atoms with Gasteiger partial charge in [0.05, 0.1) is 17.6 Å². The lowest BCUT2D eigenvalue weighted by Gasteiger charge is -2.06. The van der Waals surface area contributed by atoms with Gasteiger partial charge in [0, 0.05) is 12.1 Å². The van der Waals surface area contributed by atoms with Gasteiger partial charge in [0.2, 0.25) is 0 Å². The zero-order chi connectivity index (χ0) is 15.2. The maximum Gasteiger partial charge on any atom is 0.338 e. The van der Waals surface area contributed by atoms with Crippen molar-refractivity contribution in [2.24, 2.45) is 0 Å². The van der Waals surface area contributed by atoms with Crippen LogP contribution in [0.25, 0.3) is 11.6 Å². The summed E-state index contributed by atoms with van der Waals surface area (Å²) in [6.45, 7) is 0. The molecule has 5 nitrogen and oxygen atoms in total. The third-order valence-electron chi connectivity index (χ3n) is 2.91. The van der Waals surface area contributed by atoms with Crippen LogP contribution < -0.4 is 0 Å². The van der Waals surface area contributed by atoms with Gasteiger partial charge in [0.25, 0.3) is 5.69 Å². The van der Waals surface area contributed by atoms with E-state index in [0.29, 0.717) is 11.1 Å². The quantitative estimate of drug-likeness (QED) is 0.284. The Bertz CT molecular complexity index is 675. The standard InChI is InChI=1S/C16H13NO4/c1-21-16(18)15(13-5-3-2-4-6-13)11-12-7-9-14(10-8-12)17(19)20/h2-11H,1H3/b15-11+. The lowest BCUT2D eigenvalue weighted by atomic mass is 10.0. The number of methoxy groups -OCH3 is 1. The van der Waals surface area contributed by atoms with Crippen LogP contribution >= 0.6 is 0 Å². The molecule has 0 spiro atoms. The van der Waals surface area contributed by atoms with Crippen molar-refractivity contribution in [2.45, 2.75) is 0 Å². The third kappa shape index (κ3) is 3.54. The summed E-state index contributed by atoms with van der Waals surface area (Å²) in [6.07, 6.45) is 1.64. The molecule has 21 heavy (non-hydrogen) atoms. The molecular weight excluding hydrogens is 270 g/mol. The van der Waals surface area contributed by atoms with Crippen molar-refractivity contribution in [1.82, 2.24) is 0 Å². The average Bonchev–Trinajstić information content (AvgIpc) is 2.53. The summed E-state index contributed by atoms with van der Waals surface area (Å²) in [5.74, 6) is -0.459. The Labute approximate surface area is 121 Å². The molecule has 0 aromatic heterocycles. The van der Waals surface area contributed by atoms with Gasteiger partial charge in [-0.3, -0.25) is 10.1 Å². The fourth-order valence-corrected chi connectivity index (χ4v) is 1.85. The number of hydrogen-bond donors (Lipinski definition) is 0. The highest BCUT2D eigenvalue weighted by molar-refractivity contribution is 6.21. The number of carbonyl (C=O) groups is 1. The van der Waals surface area contributed by atoms with Crippen molar-refractivity contribution in [2.75, 3.05) is 7.11 Å². The minimum absolute atomic E-state index is 0.00600. The van der Waals surface area contributed by atoms with Crippen LogP contribution in [0.2, 0.25) is 0 Å². The number of rotatable bonds is 4. The van der Waals surface area contributed by atoms with Crippen LogP contribution in [0.3, 0.4) is 0 Å². The second kappa shape index (κ2) is 6.47. The smallest absolute Gasteiger partial charge is 0.338 e. The highest BCUT2D eigenvalue weighted by atomic mass is 16.6. The molecule has 0 unspecified atom stereocenters. The first-order valence-electron chi connectivity index (χ1n) is 6.21. The van der Waals surface area contributed by atoms with Crippen LogP contribution in [0.1, 0.15) is 11.1 Å². The monoisotopic (exact) mass is 283 g/mol. The predicted octanol–water partition coefficient (Wildman–Crippen LogP) is 3.31. The van der Waals surface area contributed by atoms with E-state index in [4.69, 9.17) is 4.74 Å². The molecule has 2 rings (SSSR count). The van der Waals surface area contributed by atoms with Crippen molar-refractivity contribution < 1.29 is 14.5 Å². The van der Waals surface area contributed by atoms with E-state index in [9.17, 15) is 14.9 Å². The zero-order valence-corrected chi connectivity index (χ0v) is 11.4. The number of non-ortho nitro benzene ring substituents is 1. The highest BCUT2D eigenvalue weighted by Crippen LogP contribution is 2.21. The van der Waals surface area contributed by atoms with Gasteiger partial charge in [-0.15, -0.1) is 0 Å². The number of hydrogen-bond acceptors (Lipinski definition) is 4. The van der Waals surface area contributed by atoms with Crippen molar-refractivity contribution in [1.29, 1.82) is 0 Å². The first-order chi connectivity index (χ1) is 10.1. The van der Waals surface area contributed by atoms with E-state index in [2.05, 4.69) is 0 Å². The molecule has 0 atom stereocenters. The topological polar surface area (TPSA) is 69.4 Å². The van der Waals surface area contributed by atoms with Gasteiger partial charge in [-0.1, -0.05) is 30.3 Å². The molecule has 5 heteroatoms. The molecule has 0 radical (unpaired) electrons. The second-order valence-electron chi connectivity index (χ2n) is 4.26. The van der Waals surface area contributed by atoms with Crippen LogP contribution in [-0.4, -0.2) is 18.0 Å². The highest BCUT2D eigenvalue weighted by Gasteiger charge is 2.12. The van der Waals surface area contributed by atoms with Crippen LogP contribution in [0.15, 0.2) is 54.6 Å². The largest absolute Gasteiger partial charge is 0.465 e. The number of benzene rings is 2. The Morgan fingerprint density at radius 1 is 1.10 bits per heavy atom. The summed E-state index contributed by atoms with van der Waals surface area (Å²) in [4.78, 5) is 22.1. The molecule has 106 valence electrons. The maximum absolute atomic E-state index is 11.9. The Hall–Kier alpha value is -2.95. The molecule has 0 N–H and O–H groups in total. The van der Waals surface area contributed by atoms with Crippen molar-refractivity contribution in [3.8, 4) is 0 Å². The first-order valence-corrected chi connectivity index (χ1v) is 6.21. The Kier molecular flexibility index (Phi) is 4.46. The molecular formula is C16H13NO4. The molecule has 0 saturated carbocycles. The molecule has 2 aromatic rings. The minimum Gasteiger partial charge on any atom is -0.465 e. The molecule has 0 aliphatic carbocycles. The molecule has 0 aliphatic rings. The van der Waals surface area contributed by atoms with Gasteiger partial charge < -0.3 is 4.74 Å². The van der Waals surface area contributed by atoms with E-state index in [0.717, 1.165) is 5.56 Å². The predicted molar refractivity (Wildman–Crippen MR) is 79.4 cm³/mol. The Morgan fingerprint density at radius 3 is 2.24 bits per heavy atom. The fraction of sp³-hybridized carbons (Fsp3) is 0.0625. The second-order valence-corrected chi connectivity index (χ2v) is 4.26. The van der Waals surface area contributed by atoms with Gasteiger partial charge in [-0.25, -0.2) is 4.79 Å². The van der Waals surface area contributed by atoms with Crippen molar-refractivity contribution in [3.63, 3.8) is 0 Å². The van der Waals surface area contributed by atoms with E-state index < -0.39 is 10.9 Å². The molecule has 0 aliphatic heterocycles. The van der Waals surface area contributed by atoms with Gasteiger partial charge in [0.15, 0.2) is 0 Å². The SMILES string of the molecule is COC(=O)/C(=C/c1ccc([N+](=O)[O-])cc1)c1ccccc1. The van der Waals surface area contributed by atoms with Crippen molar-refractivity contribution in [3.05, 3.63) is 75.8 Å². The summed E-state index contributed by atoms with van der Waals surface area (Å²) < 4.78 is 4.79. The van der Waals surface area contributed by atoms with Crippen LogP contribution in [0.4, 0.5) is 5.69 Å². The van der Waals surface area contributed by atoms with Gasteiger partial charge in [0.1, 0.15) is 0 Å². The fourth-order valence-electron chi connectivity index (χ4n) is 1.85. The summed E-state index contributed by atoms with van der Waals surface area (Å²) in [5, 5.41) is 10.6. The van der Waals surface area contributed by atoms with Crippen LogP contribution in [0, 0.1) is 10.1 Å². The zero-order valence-electron chi connectivity index (χ0n) is 11.4.